The van der Waals surface area contributed by atoms with Gasteiger partial charge >= 0.3 is 0 Å². The third-order valence-electron chi connectivity index (χ3n) is 3.61. The maximum Gasteiger partial charge on any atom is 0.254 e. The van der Waals surface area contributed by atoms with Crippen LogP contribution in [0.2, 0.25) is 0 Å². The minimum atomic E-state index is -0.0680. The van der Waals surface area contributed by atoms with Crippen molar-refractivity contribution in [2.45, 2.75) is 40.2 Å². The Kier molecular flexibility index (Phi) is 5.42. The molecule has 1 heterocycles. The van der Waals surface area contributed by atoms with Gasteiger partial charge in [0.05, 0.1) is 12.7 Å². The van der Waals surface area contributed by atoms with Crippen molar-refractivity contribution >= 4 is 17.5 Å². The molecule has 23 heavy (non-hydrogen) atoms. The molecule has 0 aromatic heterocycles. The Bertz CT molecular complexity index is 578. The minimum absolute atomic E-state index is 0.0212. The van der Waals surface area contributed by atoms with Crippen molar-refractivity contribution < 1.29 is 14.3 Å². The lowest BCUT2D eigenvalue weighted by Gasteiger charge is -2.31. The molecular formula is C18H26N2O3. The van der Waals surface area contributed by atoms with Crippen molar-refractivity contribution in [1.82, 2.24) is 4.90 Å². The van der Waals surface area contributed by atoms with Crippen molar-refractivity contribution in [3.05, 3.63) is 29.8 Å². The number of morpholine rings is 1. The molecule has 1 aromatic rings. The molecule has 0 radical (unpaired) electrons. The standard InChI is InChI=1S/C18H26N2O3/c1-13-12-20(8-9-23-13)17(22)14-6-5-7-15(10-14)19-16(21)11-18(2,3)4/h5-7,10,13H,8-9,11-12H2,1-4H3,(H,19,21). The van der Waals surface area contributed by atoms with Crippen LogP contribution >= 0.6 is 0 Å². The number of hydrogen-bond donors (Lipinski definition) is 1. The fourth-order valence-corrected chi connectivity index (χ4v) is 2.60. The van der Waals surface area contributed by atoms with Crippen molar-refractivity contribution in [3.63, 3.8) is 0 Å². The molecule has 1 aromatic carbocycles. The number of hydrogen-bond acceptors (Lipinski definition) is 3. The van der Waals surface area contributed by atoms with Gasteiger partial charge in [0.2, 0.25) is 5.91 Å². The Morgan fingerprint density at radius 3 is 2.74 bits per heavy atom. The van der Waals surface area contributed by atoms with Gasteiger partial charge in [0.15, 0.2) is 0 Å². The maximum atomic E-state index is 12.6. The Labute approximate surface area is 138 Å². The second-order valence-electron chi connectivity index (χ2n) is 7.30. The van der Waals surface area contributed by atoms with Gasteiger partial charge in [-0.3, -0.25) is 9.59 Å². The van der Waals surface area contributed by atoms with Crippen LogP contribution in [0.25, 0.3) is 0 Å². The summed E-state index contributed by atoms with van der Waals surface area (Å²) >= 11 is 0. The van der Waals surface area contributed by atoms with Crippen LogP contribution < -0.4 is 5.32 Å². The zero-order valence-corrected chi connectivity index (χ0v) is 14.4. The molecule has 2 amide bonds. The van der Waals surface area contributed by atoms with Gasteiger partial charge in [-0.15, -0.1) is 0 Å². The van der Waals surface area contributed by atoms with Gasteiger partial charge in [-0.05, 0) is 30.5 Å². The SMILES string of the molecule is CC1CN(C(=O)c2cccc(NC(=O)CC(C)(C)C)c2)CCO1. The van der Waals surface area contributed by atoms with E-state index in [1.807, 2.05) is 27.7 Å². The summed E-state index contributed by atoms with van der Waals surface area (Å²) in [7, 11) is 0. The fraction of sp³-hybridized carbons (Fsp3) is 0.556. The van der Waals surface area contributed by atoms with Gasteiger partial charge < -0.3 is 15.0 Å². The molecule has 1 fully saturated rings. The molecule has 0 spiro atoms. The summed E-state index contributed by atoms with van der Waals surface area (Å²) in [6, 6.07) is 7.12. The number of rotatable bonds is 3. The highest BCUT2D eigenvalue weighted by atomic mass is 16.5. The highest BCUT2D eigenvalue weighted by molar-refractivity contribution is 5.97. The molecule has 0 saturated carbocycles. The molecule has 0 aliphatic carbocycles. The molecule has 1 N–H and O–H groups in total. The zero-order valence-electron chi connectivity index (χ0n) is 14.4. The van der Waals surface area contributed by atoms with Crippen LogP contribution in [0.5, 0.6) is 0 Å². The van der Waals surface area contributed by atoms with E-state index in [0.29, 0.717) is 37.4 Å². The van der Waals surface area contributed by atoms with E-state index in [1.165, 1.54) is 0 Å². The molecule has 5 heteroatoms. The molecule has 2 rings (SSSR count). The molecule has 0 bridgehead atoms. The van der Waals surface area contributed by atoms with E-state index in [2.05, 4.69) is 5.32 Å². The summed E-state index contributed by atoms with van der Waals surface area (Å²) in [6.07, 6.45) is 0.494. The van der Waals surface area contributed by atoms with Gasteiger partial charge in [0.25, 0.3) is 5.91 Å². The molecule has 1 aliphatic rings. The highest BCUT2D eigenvalue weighted by Gasteiger charge is 2.23. The second-order valence-corrected chi connectivity index (χ2v) is 7.30. The van der Waals surface area contributed by atoms with Gasteiger partial charge in [-0.2, -0.15) is 0 Å². The van der Waals surface area contributed by atoms with Crippen LogP contribution in [-0.2, 0) is 9.53 Å². The summed E-state index contributed by atoms with van der Waals surface area (Å²) in [5.41, 5.74) is 1.18. The second kappa shape index (κ2) is 7.13. The van der Waals surface area contributed by atoms with E-state index in [0.717, 1.165) is 0 Å². The summed E-state index contributed by atoms with van der Waals surface area (Å²) in [4.78, 5) is 26.4. The van der Waals surface area contributed by atoms with E-state index in [4.69, 9.17) is 4.74 Å². The number of amides is 2. The first kappa shape index (κ1) is 17.5. The van der Waals surface area contributed by atoms with E-state index in [-0.39, 0.29) is 23.3 Å². The van der Waals surface area contributed by atoms with Crippen LogP contribution in [0, 0.1) is 5.41 Å². The van der Waals surface area contributed by atoms with Crippen LogP contribution in [0.1, 0.15) is 44.5 Å². The number of nitrogens with zero attached hydrogens (tertiary/aromatic N) is 1. The van der Waals surface area contributed by atoms with Crippen molar-refractivity contribution in [1.29, 1.82) is 0 Å². The summed E-state index contributed by atoms with van der Waals surface area (Å²) in [6.45, 7) is 9.78. The first-order valence-corrected chi connectivity index (χ1v) is 8.05. The predicted molar refractivity (Wildman–Crippen MR) is 90.5 cm³/mol. The fourth-order valence-electron chi connectivity index (χ4n) is 2.60. The number of carbonyl (C=O) groups excluding carboxylic acids is 2. The number of ether oxygens (including phenoxy) is 1. The Morgan fingerprint density at radius 2 is 2.09 bits per heavy atom. The highest BCUT2D eigenvalue weighted by Crippen LogP contribution is 2.20. The van der Waals surface area contributed by atoms with E-state index in [1.54, 1.807) is 29.2 Å². The number of anilines is 1. The lowest BCUT2D eigenvalue weighted by molar-refractivity contribution is -0.117. The van der Waals surface area contributed by atoms with Crippen molar-refractivity contribution in [3.8, 4) is 0 Å². The third-order valence-corrected chi connectivity index (χ3v) is 3.61. The van der Waals surface area contributed by atoms with Crippen LogP contribution in [0.15, 0.2) is 24.3 Å². The Balaban J connectivity index is 2.04. The smallest absolute Gasteiger partial charge is 0.254 e. The Hall–Kier alpha value is -1.88. The monoisotopic (exact) mass is 318 g/mol. The molecule has 1 atom stereocenters. The Morgan fingerprint density at radius 1 is 1.35 bits per heavy atom. The molecule has 1 saturated heterocycles. The van der Waals surface area contributed by atoms with E-state index in [9.17, 15) is 9.59 Å². The maximum absolute atomic E-state index is 12.6. The number of benzene rings is 1. The number of carbonyl (C=O) groups is 2. The van der Waals surface area contributed by atoms with Gasteiger partial charge in [0, 0.05) is 30.8 Å². The van der Waals surface area contributed by atoms with Crippen LogP contribution in [0.3, 0.4) is 0 Å². The quantitative estimate of drug-likeness (QED) is 0.932. The summed E-state index contributed by atoms with van der Waals surface area (Å²) < 4.78 is 5.47. The molecule has 126 valence electrons. The first-order chi connectivity index (χ1) is 10.7. The molecule has 1 aliphatic heterocycles. The third kappa shape index (κ3) is 5.36. The first-order valence-electron chi connectivity index (χ1n) is 8.05. The number of nitrogens with one attached hydrogen (secondary N) is 1. The van der Waals surface area contributed by atoms with E-state index < -0.39 is 0 Å². The summed E-state index contributed by atoms with van der Waals surface area (Å²) in [5.74, 6) is -0.0610. The van der Waals surface area contributed by atoms with Crippen molar-refractivity contribution in [2.24, 2.45) is 5.41 Å². The predicted octanol–water partition coefficient (Wildman–Crippen LogP) is 2.92. The van der Waals surface area contributed by atoms with Gasteiger partial charge in [-0.25, -0.2) is 0 Å². The average Bonchev–Trinajstić information content (AvgIpc) is 2.44. The molecule has 5 nitrogen and oxygen atoms in total. The summed E-state index contributed by atoms with van der Waals surface area (Å²) in [5, 5.41) is 2.87. The minimum Gasteiger partial charge on any atom is -0.375 e. The van der Waals surface area contributed by atoms with E-state index >= 15 is 0 Å². The topological polar surface area (TPSA) is 58.6 Å². The zero-order chi connectivity index (χ0) is 17.0. The lowest BCUT2D eigenvalue weighted by Crippen LogP contribution is -2.44. The molecular weight excluding hydrogens is 292 g/mol. The van der Waals surface area contributed by atoms with Gasteiger partial charge in [-0.1, -0.05) is 26.8 Å². The largest absolute Gasteiger partial charge is 0.375 e. The normalized spacial score (nSPS) is 18.6. The van der Waals surface area contributed by atoms with Gasteiger partial charge in [0.1, 0.15) is 0 Å². The van der Waals surface area contributed by atoms with Crippen molar-refractivity contribution in [2.75, 3.05) is 25.0 Å². The van der Waals surface area contributed by atoms with Crippen LogP contribution in [-0.4, -0.2) is 42.5 Å². The lowest BCUT2D eigenvalue weighted by atomic mass is 9.92. The molecule has 1 unspecified atom stereocenters. The average molecular weight is 318 g/mol. The van der Waals surface area contributed by atoms with Crippen LogP contribution in [0.4, 0.5) is 5.69 Å².